The molecule has 1 N–H and O–H groups in total. The predicted octanol–water partition coefficient (Wildman–Crippen LogP) is 4.47. The molecule has 6 nitrogen and oxygen atoms in total. The van der Waals surface area contributed by atoms with E-state index in [1.807, 2.05) is 12.1 Å². The molecule has 1 fully saturated rings. The summed E-state index contributed by atoms with van der Waals surface area (Å²) in [4.78, 5) is 23.1. The second kappa shape index (κ2) is 7.78. The van der Waals surface area contributed by atoms with E-state index in [9.17, 15) is 18.0 Å². The molecule has 2 aromatic heterocycles. The zero-order valence-electron chi connectivity index (χ0n) is 15.1. The minimum absolute atomic E-state index is 0.0999. The maximum atomic E-state index is 12.6. The van der Waals surface area contributed by atoms with E-state index in [-0.39, 0.29) is 10.7 Å². The van der Waals surface area contributed by atoms with Crippen molar-refractivity contribution in [3.63, 3.8) is 0 Å². The van der Waals surface area contributed by atoms with Gasteiger partial charge < -0.3 is 4.90 Å². The Labute approximate surface area is 168 Å². The molecule has 10 heteroatoms. The minimum Gasteiger partial charge on any atom is -0.370 e. The van der Waals surface area contributed by atoms with E-state index in [0.717, 1.165) is 54.6 Å². The van der Waals surface area contributed by atoms with Crippen LogP contribution in [0, 0.1) is 0 Å². The molecule has 3 aromatic rings. The van der Waals surface area contributed by atoms with Crippen molar-refractivity contribution in [3.05, 3.63) is 53.7 Å². The highest BCUT2D eigenvalue weighted by Crippen LogP contribution is 2.29. The first-order valence-electron chi connectivity index (χ1n) is 8.94. The lowest BCUT2D eigenvalue weighted by molar-refractivity contribution is -0.137. The van der Waals surface area contributed by atoms with E-state index >= 15 is 0 Å². The lowest BCUT2D eigenvalue weighted by Crippen LogP contribution is -2.17. The van der Waals surface area contributed by atoms with Crippen LogP contribution in [0.1, 0.15) is 28.8 Å². The molecule has 1 aliphatic rings. The molecular formula is C19H16F3N5OS. The Morgan fingerprint density at radius 1 is 1.07 bits per heavy atom. The maximum Gasteiger partial charge on any atom is 0.416 e. The average Bonchev–Trinajstić information content (AvgIpc) is 3.40. The molecule has 0 atom stereocenters. The van der Waals surface area contributed by atoms with E-state index in [1.54, 1.807) is 6.20 Å². The topological polar surface area (TPSA) is 71.0 Å². The number of hydrogen-bond acceptors (Lipinski definition) is 6. The number of anilines is 2. The number of nitrogens with zero attached hydrogens (tertiary/aromatic N) is 4. The first kappa shape index (κ1) is 19.3. The number of alkyl halides is 3. The van der Waals surface area contributed by atoms with Crippen LogP contribution >= 0.6 is 11.5 Å². The van der Waals surface area contributed by atoms with E-state index in [2.05, 4.69) is 24.6 Å². The number of carbonyl (C=O) groups is 1. The second-order valence-electron chi connectivity index (χ2n) is 6.55. The van der Waals surface area contributed by atoms with Crippen LogP contribution in [0.2, 0.25) is 0 Å². The molecule has 0 aliphatic carbocycles. The normalized spacial score (nSPS) is 14.2. The van der Waals surface area contributed by atoms with Crippen LogP contribution in [0.5, 0.6) is 0 Å². The predicted molar refractivity (Wildman–Crippen MR) is 104 cm³/mol. The van der Waals surface area contributed by atoms with Gasteiger partial charge in [-0.1, -0.05) is 0 Å². The van der Waals surface area contributed by atoms with Crippen molar-refractivity contribution >= 4 is 28.3 Å². The smallest absolute Gasteiger partial charge is 0.370 e. The fourth-order valence-electron chi connectivity index (χ4n) is 3.04. The summed E-state index contributed by atoms with van der Waals surface area (Å²) >= 11 is 0.981. The van der Waals surface area contributed by atoms with Crippen molar-refractivity contribution in [1.29, 1.82) is 0 Å². The standard InChI is InChI=1S/C19H16F3N5OS/c20-19(21,22)13-5-3-12(4-6-13)17(28)25-18-24-16(26-29-18)15-8-7-14(11-23-15)27-9-1-2-10-27/h3-8,11H,1-2,9-10H2,(H,24,25,26,28). The highest BCUT2D eigenvalue weighted by molar-refractivity contribution is 7.10. The van der Waals surface area contributed by atoms with Crippen molar-refractivity contribution in [1.82, 2.24) is 14.3 Å². The van der Waals surface area contributed by atoms with E-state index in [0.29, 0.717) is 11.5 Å². The van der Waals surface area contributed by atoms with Gasteiger partial charge in [-0.3, -0.25) is 15.1 Å². The summed E-state index contributed by atoms with van der Waals surface area (Å²) in [6, 6.07) is 7.78. The van der Waals surface area contributed by atoms with Crippen LogP contribution in [-0.4, -0.2) is 33.3 Å². The third-order valence-corrected chi connectivity index (χ3v) is 5.20. The molecule has 1 saturated heterocycles. The van der Waals surface area contributed by atoms with E-state index in [1.165, 1.54) is 12.8 Å². The molecule has 0 unspecified atom stereocenters. The van der Waals surface area contributed by atoms with Crippen molar-refractivity contribution in [3.8, 4) is 11.5 Å². The summed E-state index contributed by atoms with van der Waals surface area (Å²) < 4.78 is 42.1. The van der Waals surface area contributed by atoms with Gasteiger partial charge >= 0.3 is 6.18 Å². The van der Waals surface area contributed by atoms with E-state index < -0.39 is 17.6 Å². The molecule has 1 aromatic carbocycles. The number of hydrogen-bond donors (Lipinski definition) is 1. The van der Waals surface area contributed by atoms with Gasteiger partial charge in [0.25, 0.3) is 5.91 Å². The molecule has 0 saturated carbocycles. The summed E-state index contributed by atoms with van der Waals surface area (Å²) in [7, 11) is 0. The molecule has 3 heterocycles. The fraction of sp³-hybridized carbons (Fsp3) is 0.263. The summed E-state index contributed by atoms with van der Waals surface area (Å²) in [6.07, 6.45) is -0.308. The summed E-state index contributed by atoms with van der Waals surface area (Å²) in [5, 5.41) is 2.80. The van der Waals surface area contributed by atoms with Gasteiger partial charge in [-0.05, 0) is 49.2 Å². The second-order valence-corrected chi connectivity index (χ2v) is 7.30. The number of halogens is 3. The summed E-state index contributed by atoms with van der Waals surface area (Å²) in [5.74, 6) is -0.176. The van der Waals surface area contributed by atoms with Crippen LogP contribution in [0.4, 0.5) is 24.0 Å². The number of carbonyl (C=O) groups excluding carboxylic acids is 1. The molecule has 0 spiro atoms. The molecule has 1 amide bonds. The largest absolute Gasteiger partial charge is 0.416 e. The Balaban J connectivity index is 1.43. The van der Waals surface area contributed by atoms with Gasteiger partial charge in [-0.2, -0.15) is 22.5 Å². The fourth-order valence-corrected chi connectivity index (χ4v) is 3.61. The monoisotopic (exact) mass is 419 g/mol. The number of aromatic nitrogens is 3. The van der Waals surface area contributed by atoms with Crippen LogP contribution in [-0.2, 0) is 6.18 Å². The zero-order valence-corrected chi connectivity index (χ0v) is 15.9. The molecule has 0 radical (unpaired) electrons. The molecule has 1 aliphatic heterocycles. The van der Waals surface area contributed by atoms with Crippen molar-refractivity contribution in [2.45, 2.75) is 19.0 Å². The molecule has 4 rings (SSSR count). The Morgan fingerprint density at radius 3 is 2.41 bits per heavy atom. The van der Waals surface area contributed by atoms with Crippen molar-refractivity contribution in [2.24, 2.45) is 0 Å². The van der Waals surface area contributed by atoms with Crippen molar-refractivity contribution < 1.29 is 18.0 Å². The molecule has 150 valence electrons. The number of amides is 1. The first-order chi connectivity index (χ1) is 13.9. The number of benzene rings is 1. The minimum atomic E-state index is -4.44. The zero-order chi connectivity index (χ0) is 20.4. The van der Waals surface area contributed by atoms with Crippen LogP contribution in [0.25, 0.3) is 11.5 Å². The summed E-state index contributed by atoms with van der Waals surface area (Å²) in [5.41, 5.74) is 0.926. The molecular weight excluding hydrogens is 403 g/mol. The Kier molecular flexibility index (Phi) is 5.18. The Morgan fingerprint density at radius 2 is 1.79 bits per heavy atom. The van der Waals surface area contributed by atoms with Gasteiger partial charge in [0.2, 0.25) is 5.13 Å². The highest BCUT2D eigenvalue weighted by Gasteiger charge is 2.30. The average molecular weight is 419 g/mol. The van der Waals surface area contributed by atoms with Gasteiger partial charge in [0.1, 0.15) is 5.69 Å². The lowest BCUT2D eigenvalue weighted by atomic mass is 10.1. The molecule has 29 heavy (non-hydrogen) atoms. The molecule has 0 bridgehead atoms. The third-order valence-electron chi connectivity index (χ3n) is 4.57. The third kappa shape index (κ3) is 4.37. The van der Waals surface area contributed by atoms with E-state index in [4.69, 9.17) is 0 Å². The van der Waals surface area contributed by atoms with Crippen LogP contribution < -0.4 is 10.2 Å². The van der Waals surface area contributed by atoms with Crippen LogP contribution in [0.15, 0.2) is 42.6 Å². The van der Waals surface area contributed by atoms with Gasteiger partial charge in [0, 0.05) is 30.2 Å². The quantitative estimate of drug-likeness (QED) is 0.676. The van der Waals surface area contributed by atoms with Gasteiger partial charge in [-0.15, -0.1) is 0 Å². The lowest BCUT2D eigenvalue weighted by Gasteiger charge is -2.16. The number of pyridine rings is 1. The number of nitrogens with one attached hydrogen (secondary N) is 1. The highest BCUT2D eigenvalue weighted by atomic mass is 32.1. The maximum absolute atomic E-state index is 12.6. The SMILES string of the molecule is O=C(Nc1nc(-c2ccc(N3CCCC3)cn2)ns1)c1ccc(C(F)(F)F)cc1. The van der Waals surface area contributed by atoms with Gasteiger partial charge in [-0.25, -0.2) is 0 Å². The van der Waals surface area contributed by atoms with Crippen molar-refractivity contribution in [2.75, 3.05) is 23.3 Å². The van der Waals surface area contributed by atoms with Crippen LogP contribution in [0.3, 0.4) is 0 Å². The Hall–Kier alpha value is -3.01. The Bertz CT molecular complexity index is 996. The summed E-state index contributed by atoms with van der Waals surface area (Å²) in [6.45, 7) is 2.05. The van der Waals surface area contributed by atoms with Gasteiger partial charge in [0.15, 0.2) is 5.82 Å². The number of rotatable bonds is 4. The van der Waals surface area contributed by atoms with Gasteiger partial charge in [0.05, 0.1) is 17.4 Å². The first-order valence-corrected chi connectivity index (χ1v) is 9.71.